The Morgan fingerprint density at radius 1 is 1.25 bits per heavy atom. The van der Waals surface area contributed by atoms with Crippen LogP contribution in [0.4, 0.5) is 9.18 Å². The van der Waals surface area contributed by atoms with Gasteiger partial charge in [0, 0.05) is 40.2 Å². The zero-order chi connectivity index (χ0) is 19.4. The molecule has 5 rings (SSSR count). The molecule has 142 valence electrons. The number of fused-ring (bicyclic) bond motifs is 5. The number of nitrogens with zero attached hydrogens (tertiary/aromatic N) is 4. The Hall–Kier alpha value is -3.49. The third-order valence-corrected chi connectivity index (χ3v) is 5.35. The average molecular weight is 380 g/mol. The summed E-state index contributed by atoms with van der Waals surface area (Å²) in [6.45, 7) is 2.70. The molecule has 1 aliphatic rings. The summed E-state index contributed by atoms with van der Waals surface area (Å²) in [7, 11) is 1.36. The Kier molecular flexibility index (Phi) is 3.58. The van der Waals surface area contributed by atoms with Gasteiger partial charge in [-0.25, -0.2) is 14.2 Å². The second kappa shape index (κ2) is 6.01. The number of H-pyrrole nitrogens is 2. The fourth-order valence-electron chi connectivity index (χ4n) is 4.00. The van der Waals surface area contributed by atoms with E-state index < -0.39 is 11.9 Å². The van der Waals surface area contributed by atoms with Crippen LogP contribution < -0.4 is 0 Å². The van der Waals surface area contributed by atoms with Crippen molar-refractivity contribution in [1.82, 2.24) is 30.3 Å². The van der Waals surface area contributed by atoms with Gasteiger partial charge in [-0.05, 0) is 18.9 Å². The highest BCUT2D eigenvalue weighted by Gasteiger charge is 2.29. The van der Waals surface area contributed by atoms with Crippen LogP contribution in [-0.4, -0.2) is 50.0 Å². The summed E-state index contributed by atoms with van der Waals surface area (Å²) in [5.74, 6) is -0.410. The number of ether oxygens (including phenoxy) is 1. The summed E-state index contributed by atoms with van der Waals surface area (Å²) in [4.78, 5) is 18.4. The molecule has 0 spiro atoms. The van der Waals surface area contributed by atoms with Crippen molar-refractivity contribution < 1.29 is 13.9 Å². The van der Waals surface area contributed by atoms with E-state index in [1.54, 1.807) is 17.3 Å². The van der Waals surface area contributed by atoms with Gasteiger partial charge in [0.05, 0.1) is 37.3 Å². The molecule has 2 N–H and O–H groups in total. The molecular formula is C19H17FN6O2. The molecule has 4 heterocycles. The molecule has 0 atom stereocenters. The first-order valence-electron chi connectivity index (χ1n) is 8.88. The number of aromatic amines is 2. The van der Waals surface area contributed by atoms with Gasteiger partial charge in [-0.1, -0.05) is 0 Å². The topological polar surface area (TPSA) is 99.8 Å². The highest BCUT2D eigenvalue weighted by Crippen LogP contribution is 2.38. The van der Waals surface area contributed by atoms with E-state index in [4.69, 9.17) is 4.74 Å². The van der Waals surface area contributed by atoms with Crippen molar-refractivity contribution in [3.05, 3.63) is 41.1 Å². The third-order valence-electron chi connectivity index (χ3n) is 5.35. The molecule has 0 aliphatic carbocycles. The Labute approximate surface area is 158 Å². The molecule has 1 amide bonds. The van der Waals surface area contributed by atoms with Gasteiger partial charge in [0.25, 0.3) is 0 Å². The van der Waals surface area contributed by atoms with Crippen LogP contribution >= 0.6 is 0 Å². The van der Waals surface area contributed by atoms with Crippen molar-refractivity contribution in [3.63, 3.8) is 0 Å². The molecule has 1 aromatic carbocycles. The first kappa shape index (κ1) is 16.7. The molecule has 0 bridgehead atoms. The Balaban J connectivity index is 1.87. The summed E-state index contributed by atoms with van der Waals surface area (Å²) in [6, 6.07) is 1.42. The monoisotopic (exact) mass is 380 g/mol. The molecule has 0 saturated carbocycles. The molecular weight excluding hydrogens is 363 g/mol. The van der Waals surface area contributed by atoms with E-state index in [0.29, 0.717) is 36.2 Å². The minimum Gasteiger partial charge on any atom is -0.453 e. The number of methoxy groups -OCH3 is 1. The van der Waals surface area contributed by atoms with Crippen LogP contribution in [0.3, 0.4) is 0 Å². The van der Waals surface area contributed by atoms with Crippen molar-refractivity contribution in [2.45, 2.75) is 19.9 Å². The number of halogens is 1. The third kappa shape index (κ3) is 2.29. The number of aromatic nitrogens is 5. The van der Waals surface area contributed by atoms with Crippen molar-refractivity contribution in [2.75, 3.05) is 13.7 Å². The molecule has 0 unspecified atom stereocenters. The number of hydrogen-bond acceptors (Lipinski definition) is 5. The van der Waals surface area contributed by atoms with E-state index in [1.807, 2.05) is 6.92 Å². The molecule has 0 fully saturated rings. The Bertz CT molecular complexity index is 1240. The van der Waals surface area contributed by atoms with Gasteiger partial charge in [-0.3, -0.25) is 10.2 Å². The number of nitrogens with one attached hydrogen (secondary N) is 2. The quantitative estimate of drug-likeness (QED) is 0.529. The number of benzene rings is 1. The molecule has 1 aliphatic heterocycles. The maximum atomic E-state index is 14.9. The first-order chi connectivity index (χ1) is 13.6. The predicted molar refractivity (Wildman–Crippen MR) is 100 cm³/mol. The Morgan fingerprint density at radius 3 is 2.82 bits per heavy atom. The fourth-order valence-corrected chi connectivity index (χ4v) is 4.00. The second-order valence-electron chi connectivity index (χ2n) is 6.88. The van der Waals surface area contributed by atoms with Gasteiger partial charge < -0.3 is 9.64 Å². The van der Waals surface area contributed by atoms with Gasteiger partial charge in [0.1, 0.15) is 5.52 Å². The van der Waals surface area contributed by atoms with Gasteiger partial charge in [-0.15, -0.1) is 0 Å². The zero-order valence-corrected chi connectivity index (χ0v) is 15.3. The number of aryl methyl sites for hydroxylation is 1. The molecule has 0 saturated heterocycles. The van der Waals surface area contributed by atoms with Crippen LogP contribution in [-0.2, 0) is 17.7 Å². The number of rotatable bonds is 1. The minimum atomic E-state index is -0.410. The van der Waals surface area contributed by atoms with Gasteiger partial charge in [0.2, 0.25) is 0 Å². The van der Waals surface area contributed by atoms with E-state index in [1.165, 1.54) is 13.2 Å². The number of amides is 1. The highest BCUT2D eigenvalue weighted by molar-refractivity contribution is 6.08. The molecule has 8 nitrogen and oxygen atoms in total. The lowest BCUT2D eigenvalue weighted by Crippen LogP contribution is -2.36. The first-order valence-corrected chi connectivity index (χ1v) is 8.88. The lowest BCUT2D eigenvalue weighted by atomic mass is 9.90. The van der Waals surface area contributed by atoms with E-state index >= 15 is 0 Å². The lowest BCUT2D eigenvalue weighted by Gasteiger charge is -2.30. The van der Waals surface area contributed by atoms with Crippen LogP contribution in [0.2, 0.25) is 0 Å². The summed E-state index contributed by atoms with van der Waals surface area (Å²) < 4.78 is 19.8. The van der Waals surface area contributed by atoms with Crippen LogP contribution in [0.1, 0.15) is 16.8 Å². The van der Waals surface area contributed by atoms with Gasteiger partial charge >= 0.3 is 6.09 Å². The van der Waals surface area contributed by atoms with Crippen LogP contribution in [0.15, 0.2) is 18.5 Å². The number of hydrogen-bond donors (Lipinski definition) is 2. The minimum absolute atomic E-state index is 0.301. The van der Waals surface area contributed by atoms with E-state index in [2.05, 4.69) is 25.4 Å². The van der Waals surface area contributed by atoms with E-state index in [9.17, 15) is 9.18 Å². The number of carbonyl (C=O) groups excluding carboxylic acids is 1. The van der Waals surface area contributed by atoms with Gasteiger partial charge in [0.15, 0.2) is 5.82 Å². The molecule has 4 aromatic rings. The highest BCUT2D eigenvalue weighted by atomic mass is 19.1. The maximum Gasteiger partial charge on any atom is 0.409 e. The van der Waals surface area contributed by atoms with Crippen LogP contribution in [0.5, 0.6) is 0 Å². The standard InChI is InChI=1S/C19H17FN6O2/c1-9-11(6-21-24-9)17-13-8-26(19(27)28-2)4-3-10(13)16-12-7-22-25-15(12)5-14(20)18(16)23-17/h5-7H,3-4,8H2,1-2H3,(H,21,24)(H,22,25). The summed E-state index contributed by atoms with van der Waals surface area (Å²) in [5.41, 5.74) is 5.02. The fraction of sp³-hybridized carbons (Fsp3) is 0.263. The summed E-state index contributed by atoms with van der Waals surface area (Å²) in [6.07, 6.45) is 3.54. The smallest absolute Gasteiger partial charge is 0.409 e. The molecule has 9 heteroatoms. The molecule has 28 heavy (non-hydrogen) atoms. The Morgan fingerprint density at radius 2 is 2.07 bits per heavy atom. The lowest BCUT2D eigenvalue weighted by molar-refractivity contribution is 0.119. The molecule has 0 radical (unpaired) electrons. The second-order valence-corrected chi connectivity index (χ2v) is 6.88. The summed E-state index contributed by atoms with van der Waals surface area (Å²) >= 11 is 0. The van der Waals surface area contributed by atoms with Crippen molar-refractivity contribution >= 4 is 27.9 Å². The van der Waals surface area contributed by atoms with E-state index in [-0.39, 0.29) is 0 Å². The largest absolute Gasteiger partial charge is 0.453 e. The van der Waals surface area contributed by atoms with Crippen molar-refractivity contribution in [2.24, 2.45) is 0 Å². The number of carbonyl (C=O) groups is 1. The SMILES string of the molecule is COC(=O)N1CCc2c(c(-c3cn[nH]c3C)nc3c(F)cc4[nH]ncc4c23)C1. The number of pyridine rings is 1. The normalized spacial score (nSPS) is 13.9. The van der Waals surface area contributed by atoms with Crippen LogP contribution in [0, 0.1) is 12.7 Å². The maximum absolute atomic E-state index is 14.9. The zero-order valence-electron chi connectivity index (χ0n) is 15.3. The predicted octanol–water partition coefficient (Wildman–Crippen LogP) is 3.07. The van der Waals surface area contributed by atoms with Crippen LogP contribution in [0.25, 0.3) is 33.1 Å². The van der Waals surface area contributed by atoms with Gasteiger partial charge in [-0.2, -0.15) is 10.2 Å². The van der Waals surface area contributed by atoms with Crippen molar-refractivity contribution in [1.29, 1.82) is 0 Å². The molecule has 3 aromatic heterocycles. The summed E-state index contributed by atoms with van der Waals surface area (Å²) in [5, 5.41) is 15.4. The van der Waals surface area contributed by atoms with Crippen molar-refractivity contribution in [3.8, 4) is 11.3 Å². The van der Waals surface area contributed by atoms with E-state index in [0.717, 1.165) is 33.2 Å². The average Bonchev–Trinajstić information content (AvgIpc) is 3.34.